The highest BCUT2D eigenvalue weighted by atomic mass is 16.5. The Balaban J connectivity index is 3.95. The number of hydrogen-bond donors (Lipinski definition) is 2. The molecule has 0 aliphatic rings. The van der Waals surface area contributed by atoms with E-state index in [2.05, 4.69) is 17.2 Å². The van der Waals surface area contributed by atoms with Gasteiger partial charge in [0.1, 0.15) is 6.61 Å². The van der Waals surface area contributed by atoms with Gasteiger partial charge in [-0.1, -0.05) is 32.6 Å². The fourth-order valence-electron chi connectivity index (χ4n) is 1.22. The average molecular weight is 254 g/mol. The Labute approximate surface area is 108 Å². The van der Waals surface area contributed by atoms with Gasteiger partial charge in [-0.2, -0.15) is 0 Å². The van der Waals surface area contributed by atoms with Crippen LogP contribution in [0.15, 0.2) is 24.3 Å². The minimum Gasteiger partial charge on any atom is -0.445 e. The summed E-state index contributed by atoms with van der Waals surface area (Å²) in [6.07, 6.45) is 3.00. The number of hydrogen-bond acceptors (Lipinski definition) is 3. The van der Waals surface area contributed by atoms with E-state index in [9.17, 15) is 9.59 Å². The molecule has 0 atom stereocenters. The van der Waals surface area contributed by atoms with Crippen molar-refractivity contribution >= 4 is 12.0 Å². The van der Waals surface area contributed by atoms with E-state index in [0.717, 1.165) is 5.57 Å². The van der Waals surface area contributed by atoms with E-state index in [1.54, 1.807) is 6.08 Å². The van der Waals surface area contributed by atoms with Crippen molar-refractivity contribution in [2.45, 2.75) is 20.8 Å². The summed E-state index contributed by atoms with van der Waals surface area (Å²) in [6.45, 7) is 10.1. The third kappa shape index (κ3) is 8.38. The van der Waals surface area contributed by atoms with Crippen LogP contribution in [0.4, 0.5) is 4.79 Å². The number of carbonyl (C=O) groups is 2. The highest BCUT2D eigenvalue weighted by Gasteiger charge is 2.05. The van der Waals surface area contributed by atoms with Crippen LogP contribution < -0.4 is 10.6 Å². The van der Waals surface area contributed by atoms with Crippen molar-refractivity contribution in [2.75, 3.05) is 19.7 Å². The largest absolute Gasteiger partial charge is 0.445 e. The maximum atomic E-state index is 11.3. The van der Waals surface area contributed by atoms with E-state index in [4.69, 9.17) is 4.74 Å². The van der Waals surface area contributed by atoms with Crippen molar-refractivity contribution in [2.24, 2.45) is 5.92 Å². The molecule has 0 spiro atoms. The molecule has 0 radical (unpaired) electrons. The lowest BCUT2D eigenvalue weighted by Crippen LogP contribution is -2.37. The summed E-state index contributed by atoms with van der Waals surface area (Å²) in [5, 5.41) is 4.93. The van der Waals surface area contributed by atoms with Gasteiger partial charge >= 0.3 is 6.09 Å². The lowest BCUT2D eigenvalue weighted by atomic mass is 10.1. The van der Waals surface area contributed by atoms with Crippen LogP contribution in [0, 0.1) is 5.92 Å². The van der Waals surface area contributed by atoms with E-state index in [1.165, 1.54) is 0 Å². The van der Waals surface area contributed by atoms with Crippen LogP contribution in [-0.4, -0.2) is 31.7 Å². The molecule has 0 aromatic carbocycles. The summed E-state index contributed by atoms with van der Waals surface area (Å²) in [7, 11) is 0. The SMILES string of the molecule is C=C/C(=C\C(C)C)COC(=O)NCC(=O)NCC. The Morgan fingerprint density at radius 3 is 2.50 bits per heavy atom. The van der Waals surface area contributed by atoms with Crippen molar-refractivity contribution < 1.29 is 14.3 Å². The van der Waals surface area contributed by atoms with Crippen LogP contribution >= 0.6 is 0 Å². The molecular formula is C13H22N2O3. The molecule has 0 fully saturated rings. The van der Waals surface area contributed by atoms with Gasteiger partial charge in [0.2, 0.25) is 5.91 Å². The third-order valence-corrected chi connectivity index (χ3v) is 1.95. The monoisotopic (exact) mass is 254 g/mol. The molecule has 18 heavy (non-hydrogen) atoms. The number of rotatable bonds is 7. The predicted octanol–water partition coefficient (Wildman–Crippen LogP) is 1.62. The Bertz CT molecular complexity index is 322. The highest BCUT2D eigenvalue weighted by molar-refractivity contribution is 5.82. The van der Waals surface area contributed by atoms with Crippen LogP contribution in [0.1, 0.15) is 20.8 Å². The van der Waals surface area contributed by atoms with Gasteiger partial charge in [-0.3, -0.25) is 4.79 Å². The first-order valence-electron chi connectivity index (χ1n) is 6.00. The summed E-state index contributed by atoms with van der Waals surface area (Å²) in [5.74, 6) is 0.121. The number of amides is 2. The molecule has 0 bridgehead atoms. The molecule has 5 heteroatoms. The standard InChI is InChI=1S/C13H22N2O3/c1-5-11(7-10(3)4)9-18-13(17)15-8-12(16)14-6-2/h5,7,10H,1,6,8-9H2,2-4H3,(H,14,16)(H,15,17)/b11-7+. The van der Waals surface area contributed by atoms with E-state index < -0.39 is 6.09 Å². The molecule has 0 unspecified atom stereocenters. The normalized spacial score (nSPS) is 11.0. The maximum Gasteiger partial charge on any atom is 0.407 e. The molecule has 2 amide bonds. The molecule has 5 nitrogen and oxygen atoms in total. The molecule has 0 saturated carbocycles. The number of alkyl carbamates (subject to hydrolysis) is 1. The zero-order chi connectivity index (χ0) is 14.0. The van der Waals surface area contributed by atoms with Crippen molar-refractivity contribution in [1.82, 2.24) is 10.6 Å². The molecular weight excluding hydrogens is 232 g/mol. The Kier molecular flexibility index (Phi) is 8.35. The molecule has 2 N–H and O–H groups in total. The van der Waals surface area contributed by atoms with Crippen molar-refractivity contribution in [1.29, 1.82) is 0 Å². The fourth-order valence-corrected chi connectivity index (χ4v) is 1.22. The van der Waals surface area contributed by atoms with E-state index in [-0.39, 0.29) is 19.1 Å². The van der Waals surface area contributed by atoms with Crippen LogP contribution in [-0.2, 0) is 9.53 Å². The zero-order valence-corrected chi connectivity index (χ0v) is 11.3. The molecule has 0 aromatic rings. The summed E-state index contributed by atoms with van der Waals surface area (Å²) >= 11 is 0. The minimum atomic E-state index is -0.613. The van der Waals surface area contributed by atoms with Gasteiger partial charge in [0.05, 0.1) is 6.54 Å². The first-order valence-corrected chi connectivity index (χ1v) is 6.00. The fraction of sp³-hybridized carbons (Fsp3) is 0.538. The average Bonchev–Trinajstić information content (AvgIpc) is 2.31. The topological polar surface area (TPSA) is 67.4 Å². The molecule has 0 heterocycles. The van der Waals surface area contributed by atoms with Crippen LogP contribution in [0.5, 0.6) is 0 Å². The lowest BCUT2D eigenvalue weighted by molar-refractivity contribution is -0.120. The van der Waals surface area contributed by atoms with Gasteiger partial charge < -0.3 is 15.4 Å². The second kappa shape index (κ2) is 9.27. The Morgan fingerprint density at radius 1 is 1.33 bits per heavy atom. The van der Waals surface area contributed by atoms with E-state index >= 15 is 0 Å². The number of carbonyl (C=O) groups excluding carboxylic acids is 2. The predicted molar refractivity (Wildman–Crippen MR) is 71.2 cm³/mol. The first-order chi connectivity index (χ1) is 8.49. The number of likely N-dealkylation sites (N-methyl/N-ethyl adjacent to an activating group) is 1. The Morgan fingerprint density at radius 2 is 2.00 bits per heavy atom. The lowest BCUT2D eigenvalue weighted by Gasteiger charge is -2.08. The van der Waals surface area contributed by atoms with Gasteiger partial charge in [0.15, 0.2) is 0 Å². The summed E-state index contributed by atoms with van der Waals surface area (Å²) in [5.41, 5.74) is 0.846. The molecule has 102 valence electrons. The summed E-state index contributed by atoms with van der Waals surface area (Å²) in [6, 6.07) is 0. The van der Waals surface area contributed by atoms with Gasteiger partial charge in [0, 0.05) is 6.54 Å². The minimum absolute atomic E-state index is 0.0794. The molecule has 0 aliphatic heterocycles. The smallest absolute Gasteiger partial charge is 0.407 e. The molecule has 0 saturated heterocycles. The van der Waals surface area contributed by atoms with Gasteiger partial charge in [-0.05, 0) is 18.4 Å². The number of nitrogens with one attached hydrogen (secondary N) is 2. The number of allylic oxidation sites excluding steroid dienone is 1. The quantitative estimate of drug-likeness (QED) is 0.678. The van der Waals surface area contributed by atoms with Gasteiger partial charge in [-0.25, -0.2) is 4.79 Å². The first kappa shape index (κ1) is 16.2. The summed E-state index contributed by atoms with van der Waals surface area (Å²) < 4.78 is 4.95. The van der Waals surface area contributed by atoms with E-state index in [1.807, 2.05) is 26.8 Å². The molecule has 0 aromatic heterocycles. The van der Waals surface area contributed by atoms with Gasteiger partial charge in [0.25, 0.3) is 0 Å². The van der Waals surface area contributed by atoms with E-state index in [0.29, 0.717) is 12.5 Å². The number of ether oxygens (including phenoxy) is 1. The maximum absolute atomic E-state index is 11.3. The van der Waals surface area contributed by atoms with Crippen molar-refractivity contribution in [3.63, 3.8) is 0 Å². The molecule has 0 rings (SSSR count). The molecule has 0 aliphatic carbocycles. The zero-order valence-electron chi connectivity index (χ0n) is 11.3. The second-order valence-corrected chi connectivity index (χ2v) is 4.07. The Hall–Kier alpha value is -1.78. The van der Waals surface area contributed by atoms with Gasteiger partial charge in [-0.15, -0.1) is 0 Å². The van der Waals surface area contributed by atoms with Crippen molar-refractivity contribution in [3.8, 4) is 0 Å². The second-order valence-electron chi connectivity index (χ2n) is 4.07. The van der Waals surface area contributed by atoms with Crippen LogP contribution in [0.3, 0.4) is 0 Å². The highest BCUT2D eigenvalue weighted by Crippen LogP contribution is 2.03. The van der Waals surface area contributed by atoms with Crippen LogP contribution in [0.25, 0.3) is 0 Å². The summed E-state index contributed by atoms with van der Waals surface area (Å²) in [4.78, 5) is 22.4. The van der Waals surface area contributed by atoms with Crippen molar-refractivity contribution in [3.05, 3.63) is 24.3 Å². The third-order valence-electron chi connectivity index (χ3n) is 1.95. The van der Waals surface area contributed by atoms with Crippen LogP contribution in [0.2, 0.25) is 0 Å².